The van der Waals surface area contributed by atoms with Crippen LogP contribution in [0.2, 0.25) is 0 Å². The van der Waals surface area contributed by atoms with Crippen molar-refractivity contribution in [2.75, 3.05) is 39.3 Å². The average molecular weight is 618 g/mol. The number of hydrogen-bond donors (Lipinski definition) is 9. The topological polar surface area (TPSA) is 221 Å². The first-order valence-corrected chi connectivity index (χ1v) is 14.6. The summed E-state index contributed by atoms with van der Waals surface area (Å²) in [5.74, 6) is -3.43. The smallest absolute Gasteiger partial charge is 0.255 e. The van der Waals surface area contributed by atoms with Gasteiger partial charge in [0.1, 0.15) is 0 Å². The summed E-state index contributed by atoms with van der Waals surface area (Å²) < 4.78 is 0. The molecule has 9 N–H and O–H groups in total. The lowest BCUT2D eigenvalue weighted by Gasteiger charge is -2.23. The molecule has 44 heavy (non-hydrogen) atoms. The second kappa shape index (κ2) is 19.6. The zero-order chi connectivity index (χ0) is 32.3. The van der Waals surface area contributed by atoms with Crippen LogP contribution in [0.25, 0.3) is 0 Å². The van der Waals surface area contributed by atoms with E-state index in [1.54, 1.807) is 4.90 Å². The molecule has 0 aromatic heterocycles. The molecule has 2 rings (SSSR count). The number of amides is 4. The zero-order valence-corrected chi connectivity index (χ0v) is 24.7. The van der Waals surface area contributed by atoms with Crippen molar-refractivity contribution < 1.29 is 44.8 Å². The molecule has 0 aliphatic rings. The third-order valence-corrected chi connectivity index (χ3v) is 6.76. The lowest BCUT2D eigenvalue weighted by atomic mass is 10.1. The van der Waals surface area contributed by atoms with Crippen molar-refractivity contribution in [3.8, 4) is 23.0 Å². The molecule has 14 heteroatoms. The molecule has 0 unspecified atom stereocenters. The van der Waals surface area contributed by atoms with Gasteiger partial charge in [-0.15, -0.1) is 0 Å². The molecule has 242 valence electrons. The van der Waals surface area contributed by atoms with Gasteiger partial charge in [0, 0.05) is 52.1 Å². The van der Waals surface area contributed by atoms with Crippen LogP contribution in [0.3, 0.4) is 0 Å². The van der Waals surface area contributed by atoms with Crippen LogP contribution >= 0.6 is 0 Å². The van der Waals surface area contributed by atoms with Crippen LogP contribution < -0.4 is 21.4 Å². The molecule has 0 spiro atoms. The first kappa shape index (κ1) is 35.6. The highest BCUT2D eigenvalue weighted by Gasteiger charge is 2.17. The van der Waals surface area contributed by atoms with E-state index in [-0.39, 0.29) is 55.4 Å². The van der Waals surface area contributed by atoms with Crippen LogP contribution in [0.15, 0.2) is 36.4 Å². The van der Waals surface area contributed by atoms with Gasteiger partial charge >= 0.3 is 0 Å². The Bertz CT molecular complexity index is 1240. The van der Waals surface area contributed by atoms with Gasteiger partial charge in [0.05, 0.1) is 11.1 Å². The van der Waals surface area contributed by atoms with Gasteiger partial charge in [-0.05, 0) is 56.4 Å². The molecule has 0 heterocycles. The second-order valence-electron chi connectivity index (χ2n) is 10.1. The first-order valence-electron chi connectivity index (χ1n) is 14.6. The van der Waals surface area contributed by atoms with Crippen molar-refractivity contribution in [2.24, 2.45) is 0 Å². The molecular formula is C30H43N5O9. The van der Waals surface area contributed by atoms with Crippen molar-refractivity contribution in [1.29, 1.82) is 0 Å². The number of hydroxylamine groups is 1. The highest BCUT2D eigenvalue weighted by atomic mass is 16.5. The predicted octanol–water partition coefficient (Wildman–Crippen LogP) is 1.71. The Kier molecular flexibility index (Phi) is 15.9. The minimum atomic E-state index is -0.575. The van der Waals surface area contributed by atoms with Gasteiger partial charge in [0.15, 0.2) is 23.0 Å². The third-order valence-electron chi connectivity index (χ3n) is 6.76. The van der Waals surface area contributed by atoms with E-state index in [9.17, 15) is 39.6 Å². The van der Waals surface area contributed by atoms with Crippen LogP contribution in [-0.4, -0.2) is 93.4 Å². The molecule has 4 amide bonds. The summed E-state index contributed by atoms with van der Waals surface area (Å²) in [6, 6.07) is 8.16. The number of carbonyl (C=O) groups excluding carboxylic acids is 4. The number of para-hydroxylation sites is 2. The number of unbranched alkanes of at least 4 members (excludes halogenated alkanes) is 3. The number of phenols is 4. The maximum absolute atomic E-state index is 13.0. The van der Waals surface area contributed by atoms with Crippen LogP contribution in [0.5, 0.6) is 23.0 Å². The molecular weight excluding hydrogens is 574 g/mol. The number of rotatable bonds is 20. The molecule has 0 bridgehead atoms. The van der Waals surface area contributed by atoms with Crippen LogP contribution in [0.1, 0.15) is 72.1 Å². The Balaban J connectivity index is 1.83. The quantitative estimate of drug-likeness (QED) is 0.0595. The largest absolute Gasteiger partial charge is 0.504 e. The van der Waals surface area contributed by atoms with Gasteiger partial charge in [-0.3, -0.25) is 19.2 Å². The maximum atomic E-state index is 13.0. The van der Waals surface area contributed by atoms with E-state index >= 15 is 0 Å². The summed E-state index contributed by atoms with van der Waals surface area (Å²) in [5, 5.41) is 55.6. The van der Waals surface area contributed by atoms with E-state index in [0.29, 0.717) is 38.9 Å². The van der Waals surface area contributed by atoms with Gasteiger partial charge < -0.3 is 46.5 Å². The predicted molar refractivity (Wildman–Crippen MR) is 161 cm³/mol. The van der Waals surface area contributed by atoms with Crippen LogP contribution in [0.4, 0.5) is 0 Å². The standard InChI is InChI=1S/C30H43N5O9/c36-23-11-6-9-21(27(23)40)29(42)32-16-4-5-19-35(26(39)14-13-25(38)31-15-2-1-3-18-34-44)20-8-17-33-30(43)22-10-7-12-24(37)28(22)41/h6-7,9-12,34,36-37,40-41,44H,1-5,8,13-20H2,(H,31,38)(H,32,42)(H,33,43). The normalized spacial score (nSPS) is 10.7. The molecule has 2 aromatic carbocycles. The van der Waals surface area contributed by atoms with Gasteiger partial charge in [0.25, 0.3) is 11.8 Å². The maximum Gasteiger partial charge on any atom is 0.255 e. The van der Waals surface area contributed by atoms with Crippen molar-refractivity contribution in [1.82, 2.24) is 26.3 Å². The minimum Gasteiger partial charge on any atom is -0.504 e. The molecule has 0 saturated carbocycles. The third kappa shape index (κ3) is 12.4. The van der Waals surface area contributed by atoms with E-state index in [1.807, 2.05) is 0 Å². The van der Waals surface area contributed by atoms with E-state index in [2.05, 4.69) is 21.4 Å². The fraction of sp³-hybridized carbons (Fsp3) is 0.467. The fourth-order valence-electron chi connectivity index (χ4n) is 4.28. The summed E-state index contributed by atoms with van der Waals surface area (Å²) in [5.41, 5.74) is 1.95. The van der Waals surface area contributed by atoms with Crippen molar-refractivity contribution in [2.45, 2.75) is 51.4 Å². The number of hydrogen-bond acceptors (Lipinski definition) is 10. The number of phenolic OH excluding ortho intramolecular Hbond substituents is 4. The highest BCUT2D eigenvalue weighted by molar-refractivity contribution is 5.98. The molecule has 0 atom stereocenters. The Morgan fingerprint density at radius 3 is 1.68 bits per heavy atom. The number of aromatic hydroxyl groups is 4. The summed E-state index contributed by atoms with van der Waals surface area (Å²) >= 11 is 0. The van der Waals surface area contributed by atoms with E-state index in [4.69, 9.17) is 5.21 Å². The Labute approximate surface area is 256 Å². The Morgan fingerprint density at radius 2 is 1.09 bits per heavy atom. The van der Waals surface area contributed by atoms with Gasteiger partial charge in [-0.1, -0.05) is 18.6 Å². The number of nitrogens with one attached hydrogen (secondary N) is 4. The summed E-state index contributed by atoms with van der Waals surface area (Å²) in [7, 11) is 0. The van der Waals surface area contributed by atoms with Crippen LogP contribution in [0, 0.1) is 0 Å². The Morgan fingerprint density at radius 1 is 0.591 bits per heavy atom. The molecule has 0 saturated heterocycles. The average Bonchev–Trinajstić information content (AvgIpc) is 3.00. The second-order valence-corrected chi connectivity index (χ2v) is 10.1. The Hall–Kier alpha value is -4.56. The number of carbonyl (C=O) groups is 4. The molecule has 0 aliphatic heterocycles. The lowest BCUT2D eigenvalue weighted by Crippen LogP contribution is -2.36. The molecule has 0 aliphatic carbocycles. The van der Waals surface area contributed by atoms with Crippen molar-refractivity contribution in [3.05, 3.63) is 47.5 Å². The lowest BCUT2D eigenvalue weighted by molar-refractivity contribution is -0.133. The molecule has 14 nitrogen and oxygen atoms in total. The van der Waals surface area contributed by atoms with E-state index < -0.39 is 34.8 Å². The molecule has 0 fully saturated rings. The van der Waals surface area contributed by atoms with Gasteiger partial charge in [-0.2, -0.15) is 0 Å². The van der Waals surface area contributed by atoms with E-state index in [1.165, 1.54) is 36.4 Å². The van der Waals surface area contributed by atoms with Crippen LogP contribution in [-0.2, 0) is 9.59 Å². The van der Waals surface area contributed by atoms with Gasteiger partial charge in [0.2, 0.25) is 11.8 Å². The van der Waals surface area contributed by atoms with Crippen molar-refractivity contribution >= 4 is 23.6 Å². The van der Waals surface area contributed by atoms with E-state index in [0.717, 1.165) is 19.3 Å². The van der Waals surface area contributed by atoms with Gasteiger partial charge in [-0.25, -0.2) is 5.48 Å². The fourth-order valence-corrected chi connectivity index (χ4v) is 4.28. The first-order chi connectivity index (χ1) is 21.1. The summed E-state index contributed by atoms with van der Waals surface area (Å²) in [6.07, 6.45) is 3.79. The summed E-state index contributed by atoms with van der Waals surface area (Å²) in [6.45, 7) is 2.03. The highest BCUT2D eigenvalue weighted by Crippen LogP contribution is 2.28. The number of nitrogens with zero attached hydrogens (tertiary/aromatic N) is 1. The SMILES string of the molecule is O=C(CCC(=O)N(CCCCNC(=O)c1cccc(O)c1O)CCCNC(=O)c1cccc(O)c1O)NCCCCCNO. The number of benzene rings is 2. The summed E-state index contributed by atoms with van der Waals surface area (Å²) in [4.78, 5) is 51.5. The monoisotopic (exact) mass is 617 g/mol. The minimum absolute atomic E-state index is 0.00268. The molecule has 2 aromatic rings. The molecule has 0 radical (unpaired) electrons. The van der Waals surface area contributed by atoms with Crippen molar-refractivity contribution in [3.63, 3.8) is 0 Å². The zero-order valence-electron chi connectivity index (χ0n) is 24.7.